The van der Waals surface area contributed by atoms with E-state index in [2.05, 4.69) is 0 Å². The van der Waals surface area contributed by atoms with Crippen LogP contribution in [0.5, 0.6) is 0 Å². The molecule has 21 heavy (non-hydrogen) atoms. The Hall–Kier alpha value is -1.06. The average Bonchev–Trinajstić information content (AvgIpc) is 2.95. The number of unbranched alkanes of at least 4 members (excludes halogenated alkanes) is 1. The van der Waals surface area contributed by atoms with E-state index in [1.54, 1.807) is 13.0 Å². The molecule has 2 fully saturated rings. The van der Waals surface area contributed by atoms with E-state index in [0.29, 0.717) is 12.8 Å². The van der Waals surface area contributed by atoms with E-state index in [4.69, 9.17) is 4.74 Å². The third-order valence-corrected chi connectivity index (χ3v) is 5.13. The van der Waals surface area contributed by atoms with Crippen molar-refractivity contribution in [1.29, 1.82) is 0 Å². The summed E-state index contributed by atoms with van der Waals surface area (Å²) in [6.45, 7) is 5.46. The Balaban J connectivity index is 2.10. The van der Waals surface area contributed by atoms with Crippen molar-refractivity contribution in [3.8, 4) is 0 Å². The lowest BCUT2D eigenvalue weighted by Gasteiger charge is -2.28. The molecule has 0 aromatic rings. The fraction of sp³-hybridized carbons (Fsp3) is 0.824. The van der Waals surface area contributed by atoms with Gasteiger partial charge in [0.15, 0.2) is 5.60 Å². The van der Waals surface area contributed by atoms with Crippen LogP contribution < -0.4 is 0 Å². The van der Waals surface area contributed by atoms with Gasteiger partial charge < -0.3 is 9.84 Å². The SMILES string of the molecule is CCCC[C@](C)(F)CC=C(O)[C@@]12CCC[C@H]1[C@@H](C)C(=O)O2. The Labute approximate surface area is 126 Å². The van der Waals surface area contributed by atoms with Gasteiger partial charge in [0.25, 0.3) is 0 Å². The van der Waals surface area contributed by atoms with Gasteiger partial charge in [-0.3, -0.25) is 4.79 Å². The molecule has 4 atom stereocenters. The highest BCUT2D eigenvalue weighted by Crippen LogP contribution is 2.52. The van der Waals surface area contributed by atoms with Crippen molar-refractivity contribution in [3.63, 3.8) is 0 Å². The Morgan fingerprint density at radius 1 is 1.62 bits per heavy atom. The number of aliphatic hydroxyl groups is 1. The van der Waals surface area contributed by atoms with Crippen LogP contribution in [0, 0.1) is 11.8 Å². The predicted octanol–water partition coefficient (Wildman–Crippen LogP) is 4.47. The molecule has 1 N–H and O–H groups in total. The highest BCUT2D eigenvalue weighted by Gasteiger charge is 2.58. The molecule has 1 aliphatic carbocycles. The number of ether oxygens (including phenoxy) is 1. The maximum Gasteiger partial charge on any atom is 0.310 e. The monoisotopic (exact) mass is 298 g/mol. The van der Waals surface area contributed by atoms with Crippen LogP contribution in [0.4, 0.5) is 4.39 Å². The number of esters is 1. The summed E-state index contributed by atoms with van der Waals surface area (Å²) in [5.41, 5.74) is -2.19. The molecule has 0 bridgehead atoms. The van der Waals surface area contributed by atoms with Crippen molar-refractivity contribution < 1.29 is 19.0 Å². The molecule has 0 aromatic heterocycles. The zero-order chi connectivity index (χ0) is 15.7. The summed E-state index contributed by atoms with van der Waals surface area (Å²) in [5, 5.41) is 10.5. The molecule has 2 aliphatic rings. The molecule has 1 saturated heterocycles. The van der Waals surface area contributed by atoms with E-state index in [1.807, 2.05) is 13.8 Å². The Bertz CT molecular complexity index is 430. The molecule has 0 unspecified atom stereocenters. The number of hydrogen-bond acceptors (Lipinski definition) is 3. The molecular formula is C17H27FO3. The first-order valence-electron chi connectivity index (χ1n) is 8.14. The lowest BCUT2D eigenvalue weighted by Crippen LogP contribution is -2.34. The van der Waals surface area contributed by atoms with E-state index >= 15 is 0 Å². The average molecular weight is 298 g/mol. The van der Waals surface area contributed by atoms with Crippen molar-refractivity contribution in [3.05, 3.63) is 11.8 Å². The zero-order valence-electron chi connectivity index (χ0n) is 13.3. The van der Waals surface area contributed by atoms with E-state index in [9.17, 15) is 14.3 Å². The molecule has 4 heteroatoms. The topological polar surface area (TPSA) is 46.5 Å². The molecule has 0 amide bonds. The Morgan fingerprint density at radius 3 is 3.00 bits per heavy atom. The number of alkyl halides is 1. The number of allylic oxidation sites excluding steroid dienone is 1. The largest absolute Gasteiger partial charge is 0.508 e. The van der Waals surface area contributed by atoms with Crippen molar-refractivity contribution >= 4 is 5.97 Å². The molecular weight excluding hydrogens is 271 g/mol. The molecule has 3 nitrogen and oxygen atoms in total. The maximum atomic E-state index is 14.4. The molecule has 120 valence electrons. The van der Waals surface area contributed by atoms with Crippen LogP contribution in [0.2, 0.25) is 0 Å². The van der Waals surface area contributed by atoms with Crippen LogP contribution >= 0.6 is 0 Å². The van der Waals surface area contributed by atoms with Crippen LogP contribution in [-0.2, 0) is 9.53 Å². The van der Waals surface area contributed by atoms with Gasteiger partial charge in [-0.1, -0.05) is 26.7 Å². The smallest absolute Gasteiger partial charge is 0.310 e. The van der Waals surface area contributed by atoms with Gasteiger partial charge in [0.1, 0.15) is 11.4 Å². The van der Waals surface area contributed by atoms with Gasteiger partial charge in [0.2, 0.25) is 0 Å². The fourth-order valence-corrected chi connectivity index (χ4v) is 3.72. The Morgan fingerprint density at radius 2 is 2.33 bits per heavy atom. The first kappa shape index (κ1) is 16.3. The first-order valence-corrected chi connectivity index (χ1v) is 8.14. The van der Waals surface area contributed by atoms with Crippen molar-refractivity contribution in [1.82, 2.24) is 0 Å². The number of hydrogen-bond donors (Lipinski definition) is 1. The van der Waals surface area contributed by atoms with Crippen molar-refractivity contribution in [2.24, 2.45) is 11.8 Å². The number of carbonyl (C=O) groups excluding carboxylic acids is 1. The van der Waals surface area contributed by atoms with E-state index in [1.165, 1.54) is 0 Å². The molecule has 1 heterocycles. The predicted molar refractivity (Wildman–Crippen MR) is 79.7 cm³/mol. The van der Waals surface area contributed by atoms with Gasteiger partial charge >= 0.3 is 5.97 Å². The van der Waals surface area contributed by atoms with Gasteiger partial charge in [-0.2, -0.15) is 0 Å². The minimum Gasteiger partial charge on any atom is -0.508 e. The number of fused-ring (bicyclic) bond motifs is 1. The molecule has 1 aliphatic heterocycles. The summed E-state index contributed by atoms with van der Waals surface area (Å²) in [7, 11) is 0. The third kappa shape index (κ3) is 3.09. The van der Waals surface area contributed by atoms with Crippen LogP contribution in [0.3, 0.4) is 0 Å². The van der Waals surface area contributed by atoms with E-state index in [-0.39, 0.29) is 30.0 Å². The van der Waals surface area contributed by atoms with Crippen molar-refractivity contribution in [2.45, 2.75) is 77.0 Å². The lowest BCUT2D eigenvalue weighted by atomic mass is 9.82. The number of aliphatic hydroxyl groups excluding tert-OH is 1. The van der Waals surface area contributed by atoms with Gasteiger partial charge in [-0.15, -0.1) is 0 Å². The van der Waals surface area contributed by atoms with Crippen LogP contribution in [0.1, 0.15) is 65.7 Å². The summed E-state index contributed by atoms with van der Waals surface area (Å²) in [6.07, 6.45) is 6.45. The normalized spacial score (nSPS) is 35.4. The van der Waals surface area contributed by atoms with E-state index < -0.39 is 11.3 Å². The molecule has 0 radical (unpaired) electrons. The minimum atomic E-state index is -1.32. The zero-order valence-corrected chi connectivity index (χ0v) is 13.3. The van der Waals surface area contributed by atoms with Gasteiger partial charge in [0.05, 0.1) is 5.92 Å². The van der Waals surface area contributed by atoms with Crippen molar-refractivity contribution in [2.75, 3.05) is 0 Å². The third-order valence-electron chi connectivity index (χ3n) is 5.13. The standard InChI is InChI=1S/C17H27FO3/c1-4-5-9-16(3,18)11-8-14(19)17-10-6-7-13(17)12(2)15(20)21-17/h8,12-13,19H,4-7,9-11H2,1-3H3/t12-,13+,16+,17-/m1/s1. The van der Waals surface area contributed by atoms with E-state index in [0.717, 1.165) is 25.7 Å². The first-order chi connectivity index (χ1) is 9.82. The summed E-state index contributed by atoms with van der Waals surface area (Å²) >= 11 is 0. The van der Waals surface area contributed by atoms with Gasteiger partial charge in [-0.05, 0) is 38.7 Å². The summed E-state index contributed by atoms with van der Waals surface area (Å²) in [5.74, 6) is -0.334. The van der Waals surface area contributed by atoms with Gasteiger partial charge in [-0.25, -0.2) is 4.39 Å². The second kappa shape index (κ2) is 5.98. The number of halogens is 1. The molecule has 2 rings (SSSR count). The van der Waals surface area contributed by atoms with Crippen LogP contribution in [0.15, 0.2) is 11.8 Å². The van der Waals surface area contributed by atoms with Crippen LogP contribution in [-0.4, -0.2) is 22.3 Å². The minimum absolute atomic E-state index is 0.0303. The second-order valence-electron chi connectivity index (χ2n) is 6.91. The highest BCUT2D eigenvalue weighted by molar-refractivity contribution is 5.76. The van der Waals surface area contributed by atoms with Crippen LogP contribution in [0.25, 0.3) is 0 Å². The second-order valence-corrected chi connectivity index (χ2v) is 6.91. The lowest BCUT2D eigenvalue weighted by molar-refractivity contribution is -0.150. The summed E-state index contributed by atoms with van der Waals surface area (Å²) < 4.78 is 19.9. The number of rotatable bonds is 6. The highest BCUT2D eigenvalue weighted by atomic mass is 19.1. The number of carbonyl (C=O) groups is 1. The quantitative estimate of drug-likeness (QED) is 0.581. The fourth-order valence-electron chi connectivity index (χ4n) is 3.72. The summed E-state index contributed by atoms with van der Waals surface area (Å²) in [4.78, 5) is 11.8. The maximum absolute atomic E-state index is 14.4. The molecule has 0 aromatic carbocycles. The van der Waals surface area contributed by atoms with Gasteiger partial charge in [0, 0.05) is 12.3 Å². The molecule has 1 saturated carbocycles. The Kier molecular flexibility index (Phi) is 4.64. The summed E-state index contributed by atoms with van der Waals surface area (Å²) in [6, 6.07) is 0. The molecule has 0 spiro atoms.